The van der Waals surface area contributed by atoms with Crippen LogP contribution >= 0.6 is 0 Å². The molecule has 0 aliphatic rings. The van der Waals surface area contributed by atoms with Gasteiger partial charge in [0.25, 0.3) is 0 Å². The van der Waals surface area contributed by atoms with E-state index in [1.165, 1.54) is 4.90 Å². The summed E-state index contributed by atoms with van der Waals surface area (Å²) in [6.07, 6.45) is 0.925. The van der Waals surface area contributed by atoms with Crippen molar-refractivity contribution in [3.63, 3.8) is 0 Å². The predicted molar refractivity (Wildman–Crippen MR) is 92.8 cm³/mol. The van der Waals surface area contributed by atoms with Gasteiger partial charge in [0.1, 0.15) is 0 Å². The highest BCUT2D eigenvalue weighted by Gasteiger charge is 2.15. The van der Waals surface area contributed by atoms with Gasteiger partial charge in [-0.3, -0.25) is 9.59 Å². The van der Waals surface area contributed by atoms with E-state index in [0.717, 1.165) is 5.56 Å². The average molecular weight is 353 g/mol. The minimum atomic E-state index is -0.349. The Balaban J connectivity index is 2.60. The molecule has 0 spiro atoms. The van der Waals surface area contributed by atoms with E-state index in [4.69, 9.17) is 19.3 Å². The van der Waals surface area contributed by atoms with Crippen molar-refractivity contribution in [3.05, 3.63) is 23.8 Å². The lowest BCUT2D eigenvalue weighted by atomic mass is 10.1. The van der Waals surface area contributed by atoms with Crippen molar-refractivity contribution < 1.29 is 28.9 Å². The van der Waals surface area contributed by atoms with E-state index in [2.05, 4.69) is 0 Å². The maximum Gasteiger partial charge on any atom is 0.307 e. The smallest absolute Gasteiger partial charge is 0.307 e. The van der Waals surface area contributed by atoms with Gasteiger partial charge in [0.2, 0.25) is 5.91 Å². The molecular weight excluding hydrogens is 326 g/mol. The number of carbonyl (C=O) groups excluding carboxylic acids is 2. The monoisotopic (exact) mass is 353 g/mol. The van der Waals surface area contributed by atoms with Gasteiger partial charge in [-0.15, -0.1) is 0 Å². The number of benzene rings is 1. The van der Waals surface area contributed by atoms with Crippen molar-refractivity contribution in [2.24, 2.45) is 0 Å². The lowest BCUT2D eigenvalue weighted by Gasteiger charge is -2.21. The molecule has 1 rings (SSSR count). The van der Waals surface area contributed by atoms with Gasteiger partial charge in [-0.1, -0.05) is 6.07 Å². The fraction of sp³-hybridized carbons (Fsp3) is 0.556. The fourth-order valence-corrected chi connectivity index (χ4v) is 2.39. The SMILES string of the molecule is CCOC(=O)CCN(CCO)C(=O)CCc1ccc(OC)c(OC)c1. The van der Waals surface area contributed by atoms with Gasteiger partial charge in [-0.05, 0) is 31.0 Å². The van der Waals surface area contributed by atoms with Crippen molar-refractivity contribution in [3.8, 4) is 11.5 Å². The molecule has 0 atom stereocenters. The number of methoxy groups -OCH3 is 2. The molecule has 0 saturated carbocycles. The Morgan fingerprint density at radius 2 is 1.80 bits per heavy atom. The summed E-state index contributed by atoms with van der Waals surface area (Å²) < 4.78 is 15.3. The van der Waals surface area contributed by atoms with Crippen LogP contribution in [-0.4, -0.2) is 62.4 Å². The molecule has 0 aliphatic heterocycles. The van der Waals surface area contributed by atoms with E-state index in [-0.39, 0.29) is 44.4 Å². The zero-order valence-corrected chi connectivity index (χ0v) is 15.1. The molecule has 0 unspecified atom stereocenters. The molecule has 0 radical (unpaired) electrons. The Morgan fingerprint density at radius 1 is 1.08 bits per heavy atom. The van der Waals surface area contributed by atoms with Crippen LogP contribution in [0.2, 0.25) is 0 Å². The molecule has 0 bridgehead atoms. The molecule has 0 fully saturated rings. The van der Waals surface area contributed by atoms with Crippen molar-refractivity contribution in [1.82, 2.24) is 4.90 Å². The van der Waals surface area contributed by atoms with Gasteiger partial charge in [0.05, 0.1) is 33.9 Å². The molecule has 25 heavy (non-hydrogen) atoms. The molecular formula is C18H27NO6. The quantitative estimate of drug-likeness (QED) is 0.606. The summed E-state index contributed by atoms with van der Waals surface area (Å²) in [6, 6.07) is 5.51. The minimum absolute atomic E-state index is 0.117. The van der Waals surface area contributed by atoms with Crippen LogP contribution in [0, 0.1) is 0 Å². The first-order valence-corrected chi connectivity index (χ1v) is 8.30. The Morgan fingerprint density at radius 3 is 2.40 bits per heavy atom. The number of aliphatic hydroxyl groups is 1. The van der Waals surface area contributed by atoms with Gasteiger partial charge in [0.15, 0.2) is 11.5 Å². The van der Waals surface area contributed by atoms with E-state index in [1.54, 1.807) is 27.2 Å². The van der Waals surface area contributed by atoms with Crippen LogP contribution in [0.1, 0.15) is 25.3 Å². The summed E-state index contributed by atoms with van der Waals surface area (Å²) >= 11 is 0. The third kappa shape index (κ3) is 7.01. The second-order valence-corrected chi connectivity index (χ2v) is 5.35. The highest BCUT2D eigenvalue weighted by Crippen LogP contribution is 2.28. The number of hydrogen-bond acceptors (Lipinski definition) is 6. The Hall–Kier alpha value is -2.28. The van der Waals surface area contributed by atoms with E-state index < -0.39 is 0 Å². The zero-order valence-electron chi connectivity index (χ0n) is 15.1. The highest BCUT2D eigenvalue weighted by atomic mass is 16.5. The fourth-order valence-electron chi connectivity index (χ4n) is 2.39. The molecule has 0 saturated heterocycles. The summed E-state index contributed by atoms with van der Waals surface area (Å²) in [4.78, 5) is 25.3. The summed E-state index contributed by atoms with van der Waals surface area (Å²) in [7, 11) is 3.13. The van der Waals surface area contributed by atoms with E-state index in [0.29, 0.717) is 24.5 Å². The molecule has 140 valence electrons. The summed E-state index contributed by atoms with van der Waals surface area (Å²) in [5.74, 6) is 0.780. The van der Waals surface area contributed by atoms with Crippen LogP contribution in [0.25, 0.3) is 0 Å². The Kier molecular flexibility index (Phi) is 9.39. The number of esters is 1. The third-order valence-electron chi connectivity index (χ3n) is 3.69. The highest BCUT2D eigenvalue weighted by molar-refractivity contribution is 5.77. The van der Waals surface area contributed by atoms with Gasteiger partial charge < -0.3 is 24.2 Å². The number of carbonyl (C=O) groups is 2. The molecule has 0 aliphatic carbocycles. The average Bonchev–Trinajstić information content (AvgIpc) is 2.63. The van der Waals surface area contributed by atoms with Gasteiger partial charge in [-0.2, -0.15) is 0 Å². The van der Waals surface area contributed by atoms with Crippen LogP contribution in [0.4, 0.5) is 0 Å². The number of rotatable bonds is 11. The van der Waals surface area contributed by atoms with Crippen molar-refractivity contribution in [1.29, 1.82) is 0 Å². The van der Waals surface area contributed by atoms with Crippen molar-refractivity contribution in [2.45, 2.75) is 26.2 Å². The second-order valence-electron chi connectivity index (χ2n) is 5.35. The number of hydrogen-bond donors (Lipinski definition) is 1. The topological polar surface area (TPSA) is 85.3 Å². The van der Waals surface area contributed by atoms with Gasteiger partial charge in [0, 0.05) is 19.5 Å². The molecule has 0 heterocycles. The first kappa shape index (κ1) is 20.8. The summed E-state index contributed by atoms with van der Waals surface area (Å²) in [5.41, 5.74) is 0.945. The Bertz CT molecular complexity index is 560. The van der Waals surface area contributed by atoms with Crippen LogP contribution in [0.5, 0.6) is 11.5 Å². The van der Waals surface area contributed by atoms with Crippen LogP contribution in [0.15, 0.2) is 18.2 Å². The molecule has 0 aromatic heterocycles. The summed E-state index contributed by atoms with van der Waals surface area (Å²) in [6.45, 7) is 2.34. The van der Waals surface area contributed by atoms with Crippen LogP contribution in [0.3, 0.4) is 0 Å². The maximum absolute atomic E-state index is 12.4. The largest absolute Gasteiger partial charge is 0.493 e. The normalized spacial score (nSPS) is 10.2. The van der Waals surface area contributed by atoms with Crippen LogP contribution < -0.4 is 9.47 Å². The number of aliphatic hydroxyl groups excluding tert-OH is 1. The molecule has 1 aromatic rings. The minimum Gasteiger partial charge on any atom is -0.493 e. The first-order valence-electron chi connectivity index (χ1n) is 8.30. The van der Waals surface area contributed by atoms with Crippen LogP contribution in [-0.2, 0) is 20.7 Å². The van der Waals surface area contributed by atoms with E-state index in [9.17, 15) is 9.59 Å². The van der Waals surface area contributed by atoms with Crippen molar-refractivity contribution >= 4 is 11.9 Å². The van der Waals surface area contributed by atoms with E-state index >= 15 is 0 Å². The lowest BCUT2D eigenvalue weighted by Crippen LogP contribution is -2.35. The maximum atomic E-state index is 12.4. The molecule has 1 N–H and O–H groups in total. The summed E-state index contributed by atoms with van der Waals surface area (Å²) in [5, 5.41) is 9.12. The Labute approximate surface area is 148 Å². The van der Waals surface area contributed by atoms with Gasteiger partial charge in [-0.25, -0.2) is 0 Å². The molecule has 1 aromatic carbocycles. The second kappa shape index (κ2) is 11.3. The first-order chi connectivity index (χ1) is 12.0. The predicted octanol–water partition coefficient (Wildman–Crippen LogP) is 1.41. The lowest BCUT2D eigenvalue weighted by molar-refractivity contribution is -0.144. The standard InChI is InChI=1S/C18H27NO6/c1-4-25-18(22)9-10-19(11-12-20)17(21)8-6-14-5-7-15(23-2)16(13-14)24-3/h5,7,13,20H,4,6,8-12H2,1-3H3. The molecule has 7 heteroatoms. The van der Waals surface area contributed by atoms with Gasteiger partial charge >= 0.3 is 5.97 Å². The zero-order chi connectivity index (χ0) is 18.7. The van der Waals surface area contributed by atoms with Crippen molar-refractivity contribution in [2.75, 3.05) is 40.5 Å². The third-order valence-corrected chi connectivity index (χ3v) is 3.69. The molecule has 1 amide bonds. The number of ether oxygens (including phenoxy) is 3. The number of aryl methyl sites for hydroxylation is 1. The molecule has 7 nitrogen and oxygen atoms in total. The number of nitrogens with zero attached hydrogens (tertiary/aromatic N) is 1. The van der Waals surface area contributed by atoms with E-state index in [1.807, 2.05) is 12.1 Å². The number of amides is 1.